The molecule has 0 aliphatic heterocycles. The first-order valence-electron chi connectivity index (χ1n) is 5.84. The molecule has 0 atom stereocenters. The smallest absolute Gasteiger partial charge is 0.127 e. The van der Waals surface area contributed by atoms with Gasteiger partial charge in [0.15, 0.2) is 0 Å². The molecule has 17 heavy (non-hydrogen) atoms. The first kappa shape index (κ1) is 11.7. The second-order valence-electron chi connectivity index (χ2n) is 4.51. The minimum Gasteiger partial charge on any atom is -0.364 e. The number of aromatic nitrogens is 4. The molecular formula is C12H19N5. The highest BCUT2D eigenvalue weighted by Gasteiger charge is 2.08. The molecular weight excluding hydrogens is 214 g/mol. The quantitative estimate of drug-likeness (QED) is 0.880. The maximum absolute atomic E-state index is 4.31. The molecule has 0 spiro atoms. The van der Waals surface area contributed by atoms with Gasteiger partial charge in [-0.15, -0.1) is 0 Å². The Bertz CT molecular complexity index is 475. The molecule has 2 aromatic heterocycles. The van der Waals surface area contributed by atoms with Crippen LogP contribution in [-0.2, 0) is 13.6 Å². The minimum atomic E-state index is 0.384. The zero-order valence-electron chi connectivity index (χ0n) is 10.8. The minimum absolute atomic E-state index is 0.384. The number of rotatable bonds is 4. The lowest BCUT2D eigenvalue weighted by Crippen LogP contribution is -2.12. The van der Waals surface area contributed by atoms with Crippen LogP contribution in [0, 0.1) is 6.92 Å². The average Bonchev–Trinajstić information content (AvgIpc) is 2.85. The summed E-state index contributed by atoms with van der Waals surface area (Å²) < 4.78 is 3.88. The number of aryl methyl sites for hydroxylation is 2. The van der Waals surface area contributed by atoms with Gasteiger partial charge in [-0.3, -0.25) is 9.36 Å². The molecule has 0 saturated heterocycles. The van der Waals surface area contributed by atoms with E-state index in [2.05, 4.69) is 36.3 Å². The van der Waals surface area contributed by atoms with Crippen molar-refractivity contribution in [3.05, 3.63) is 29.7 Å². The zero-order valence-corrected chi connectivity index (χ0v) is 10.8. The second-order valence-corrected chi connectivity index (χ2v) is 4.51. The van der Waals surface area contributed by atoms with Crippen LogP contribution in [0.1, 0.15) is 31.1 Å². The highest BCUT2D eigenvalue weighted by atomic mass is 15.3. The van der Waals surface area contributed by atoms with E-state index in [1.807, 2.05) is 34.9 Å². The summed E-state index contributed by atoms with van der Waals surface area (Å²) in [5, 5.41) is 11.9. The number of anilines is 1. The van der Waals surface area contributed by atoms with Gasteiger partial charge < -0.3 is 5.32 Å². The Morgan fingerprint density at radius 2 is 2.12 bits per heavy atom. The van der Waals surface area contributed by atoms with Crippen molar-refractivity contribution in [2.24, 2.45) is 7.05 Å². The SMILES string of the molecule is Cc1cnn(C)c1NCc1ccnn1C(C)C. The Labute approximate surface area is 101 Å². The van der Waals surface area contributed by atoms with Crippen LogP contribution in [0.4, 0.5) is 5.82 Å². The third-order valence-electron chi connectivity index (χ3n) is 2.80. The zero-order chi connectivity index (χ0) is 12.4. The Balaban J connectivity index is 2.10. The summed E-state index contributed by atoms with van der Waals surface area (Å²) >= 11 is 0. The van der Waals surface area contributed by atoms with E-state index in [0.717, 1.165) is 17.9 Å². The van der Waals surface area contributed by atoms with Crippen LogP contribution in [0.25, 0.3) is 0 Å². The Morgan fingerprint density at radius 3 is 2.71 bits per heavy atom. The first-order chi connectivity index (χ1) is 8.09. The lowest BCUT2D eigenvalue weighted by atomic mass is 10.3. The third kappa shape index (κ3) is 2.33. The lowest BCUT2D eigenvalue weighted by molar-refractivity contribution is 0.512. The van der Waals surface area contributed by atoms with Crippen LogP contribution in [0.5, 0.6) is 0 Å². The van der Waals surface area contributed by atoms with Crippen molar-refractivity contribution in [1.29, 1.82) is 0 Å². The molecule has 5 heteroatoms. The molecule has 0 amide bonds. The maximum Gasteiger partial charge on any atom is 0.127 e. The van der Waals surface area contributed by atoms with E-state index in [4.69, 9.17) is 0 Å². The normalized spacial score (nSPS) is 11.1. The molecule has 2 rings (SSSR count). The van der Waals surface area contributed by atoms with Gasteiger partial charge in [-0.1, -0.05) is 0 Å². The van der Waals surface area contributed by atoms with E-state index < -0.39 is 0 Å². The molecule has 2 aromatic rings. The van der Waals surface area contributed by atoms with Crippen LogP contribution < -0.4 is 5.32 Å². The second kappa shape index (κ2) is 4.61. The van der Waals surface area contributed by atoms with Crippen molar-refractivity contribution in [2.75, 3.05) is 5.32 Å². The fourth-order valence-corrected chi connectivity index (χ4v) is 1.92. The molecule has 0 aliphatic rings. The first-order valence-corrected chi connectivity index (χ1v) is 5.84. The molecule has 0 bridgehead atoms. The van der Waals surface area contributed by atoms with Gasteiger partial charge in [-0.25, -0.2) is 0 Å². The predicted molar refractivity (Wildman–Crippen MR) is 67.9 cm³/mol. The Morgan fingerprint density at radius 1 is 1.35 bits per heavy atom. The highest BCUT2D eigenvalue weighted by molar-refractivity contribution is 5.42. The molecule has 92 valence electrons. The van der Waals surface area contributed by atoms with Gasteiger partial charge in [0.05, 0.1) is 18.4 Å². The fourth-order valence-electron chi connectivity index (χ4n) is 1.92. The summed E-state index contributed by atoms with van der Waals surface area (Å²) in [6, 6.07) is 2.42. The van der Waals surface area contributed by atoms with Gasteiger partial charge in [-0.05, 0) is 26.8 Å². The Kier molecular flexibility index (Phi) is 3.17. The molecule has 0 fully saturated rings. The molecule has 5 nitrogen and oxygen atoms in total. The maximum atomic E-state index is 4.31. The number of hydrogen-bond donors (Lipinski definition) is 1. The van der Waals surface area contributed by atoms with E-state index in [1.165, 1.54) is 5.69 Å². The van der Waals surface area contributed by atoms with Gasteiger partial charge in [0.2, 0.25) is 0 Å². The van der Waals surface area contributed by atoms with E-state index in [1.54, 1.807) is 0 Å². The van der Waals surface area contributed by atoms with Crippen molar-refractivity contribution < 1.29 is 0 Å². The van der Waals surface area contributed by atoms with E-state index in [-0.39, 0.29) is 0 Å². The monoisotopic (exact) mass is 233 g/mol. The van der Waals surface area contributed by atoms with Crippen molar-refractivity contribution in [3.8, 4) is 0 Å². The third-order valence-corrected chi connectivity index (χ3v) is 2.80. The summed E-state index contributed by atoms with van der Waals surface area (Å²) in [6.45, 7) is 7.07. The summed E-state index contributed by atoms with van der Waals surface area (Å²) in [5.74, 6) is 1.06. The van der Waals surface area contributed by atoms with Crippen LogP contribution >= 0.6 is 0 Å². The van der Waals surface area contributed by atoms with Crippen LogP contribution in [0.3, 0.4) is 0 Å². The van der Waals surface area contributed by atoms with Gasteiger partial charge in [0.25, 0.3) is 0 Å². The highest BCUT2D eigenvalue weighted by Crippen LogP contribution is 2.14. The standard InChI is InChI=1S/C12H19N5/c1-9(2)17-11(5-6-14-17)8-13-12-10(3)7-15-16(12)4/h5-7,9,13H,8H2,1-4H3. The summed E-state index contributed by atoms with van der Waals surface area (Å²) in [7, 11) is 1.94. The molecule has 0 saturated carbocycles. The topological polar surface area (TPSA) is 47.7 Å². The van der Waals surface area contributed by atoms with Crippen LogP contribution in [0.15, 0.2) is 18.5 Å². The molecule has 2 heterocycles. The lowest BCUT2D eigenvalue weighted by Gasteiger charge is -2.12. The molecule has 0 radical (unpaired) electrons. The molecule has 0 unspecified atom stereocenters. The van der Waals surface area contributed by atoms with E-state index in [9.17, 15) is 0 Å². The molecule has 1 N–H and O–H groups in total. The van der Waals surface area contributed by atoms with Crippen molar-refractivity contribution in [1.82, 2.24) is 19.6 Å². The van der Waals surface area contributed by atoms with Crippen LogP contribution in [0.2, 0.25) is 0 Å². The molecule has 0 aliphatic carbocycles. The van der Waals surface area contributed by atoms with Gasteiger partial charge >= 0.3 is 0 Å². The van der Waals surface area contributed by atoms with E-state index in [0.29, 0.717) is 6.04 Å². The summed E-state index contributed by atoms with van der Waals surface area (Å²) in [4.78, 5) is 0. The van der Waals surface area contributed by atoms with Crippen molar-refractivity contribution in [3.63, 3.8) is 0 Å². The van der Waals surface area contributed by atoms with Crippen molar-refractivity contribution in [2.45, 2.75) is 33.4 Å². The summed E-state index contributed by atoms with van der Waals surface area (Å²) in [6.07, 6.45) is 3.70. The number of nitrogens with one attached hydrogen (secondary N) is 1. The van der Waals surface area contributed by atoms with Gasteiger partial charge in [-0.2, -0.15) is 10.2 Å². The van der Waals surface area contributed by atoms with Gasteiger partial charge in [0.1, 0.15) is 5.82 Å². The molecule has 0 aromatic carbocycles. The van der Waals surface area contributed by atoms with Crippen LogP contribution in [-0.4, -0.2) is 19.6 Å². The average molecular weight is 233 g/mol. The predicted octanol–water partition coefficient (Wildman–Crippen LogP) is 2.12. The number of nitrogens with zero attached hydrogens (tertiary/aromatic N) is 4. The Hall–Kier alpha value is -1.78. The fraction of sp³-hybridized carbons (Fsp3) is 0.500. The summed E-state index contributed by atoms with van der Waals surface area (Å²) in [5.41, 5.74) is 2.34. The van der Waals surface area contributed by atoms with Crippen molar-refractivity contribution >= 4 is 5.82 Å². The van der Waals surface area contributed by atoms with Gasteiger partial charge in [0, 0.05) is 24.8 Å². The number of hydrogen-bond acceptors (Lipinski definition) is 3. The largest absolute Gasteiger partial charge is 0.364 e. The van der Waals surface area contributed by atoms with E-state index >= 15 is 0 Å².